The fourth-order valence-corrected chi connectivity index (χ4v) is 2.40. The molecule has 0 saturated carbocycles. The summed E-state index contributed by atoms with van der Waals surface area (Å²) in [6.07, 6.45) is 3.58. The van der Waals surface area contributed by atoms with E-state index in [1.54, 1.807) is 19.3 Å². The smallest absolute Gasteiger partial charge is 0.274 e. The second-order valence-corrected chi connectivity index (χ2v) is 5.10. The molecule has 1 fully saturated rings. The molecule has 0 amide bonds. The van der Waals surface area contributed by atoms with Gasteiger partial charge >= 0.3 is 0 Å². The molecule has 2 aromatic heterocycles. The van der Waals surface area contributed by atoms with Crippen LogP contribution in [0.1, 0.15) is 0 Å². The number of hydrogen-bond acceptors (Lipinski definition) is 5. The molecule has 0 bridgehead atoms. The van der Waals surface area contributed by atoms with E-state index >= 15 is 0 Å². The summed E-state index contributed by atoms with van der Waals surface area (Å²) in [6, 6.07) is 7.53. The van der Waals surface area contributed by atoms with Gasteiger partial charge in [0, 0.05) is 39.4 Å². The highest BCUT2D eigenvalue weighted by atomic mass is 16.1. The van der Waals surface area contributed by atoms with E-state index in [2.05, 4.69) is 20.5 Å². The molecular weight excluding hydrogens is 266 g/mol. The van der Waals surface area contributed by atoms with Gasteiger partial charge in [0.2, 0.25) is 0 Å². The Balaban J connectivity index is 1.75. The van der Waals surface area contributed by atoms with Crippen LogP contribution in [0.2, 0.25) is 0 Å². The second-order valence-electron chi connectivity index (χ2n) is 5.10. The standard InChI is InChI=1S/C15H19N5O/c1-19-8-2-3-13(15(19)21)18-14-5-4-12(11-17-14)20-9-6-16-7-10-20/h2-5,8,11,16H,6-7,9-10H2,1H3,(H,17,18). The zero-order valence-corrected chi connectivity index (χ0v) is 12.0. The van der Waals surface area contributed by atoms with Crippen LogP contribution < -0.4 is 21.1 Å². The van der Waals surface area contributed by atoms with E-state index in [1.165, 1.54) is 4.57 Å². The number of piperazine rings is 1. The third kappa shape index (κ3) is 3.05. The molecule has 1 saturated heterocycles. The molecule has 0 atom stereocenters. The zero-order valence-electron chi connectivity index (χ0n) is 12.0. The molecule has 2 aromatic rings. The highest BCUT2D eigenvalue weighted by Gasteiger charge is 2.10. The van der Waals surface area contributed by atoms with E-state index < -0.39 is 0 Å². The summed E-state index contributed by atoms with van der Waals surface area (Å²) in [5.74, 6) is 0.678. The van der Waals surface area contributed by atoms with Crippen LogP contribution >= 0.6 is 0 Å². The number of aryl methyl sites for hydroxylation is 1. The summed E-state index contributed by atoms with van der Waals surface area (Å²) in [7, 11) is 1.73. The fourth-order valence-electron chi connectivity index (χ4n) is 2.40. The van der Waals surface area contributed by atoms with Crippen LogP contribution in [0.5, 0.6) is 0 Å². The molecule has 110 valence electrons. The lowest BCUT2D eigenvalue weighted by Crippen LogP contribution is -2.43. The number of aromatic nitrogens is 2. The fraction of sp³-hybridized carbons (Fsp3) is 0.333. The molecule has 3 rings (SSSR count). The Labute approximate surface area is 123 Å². The van der Waals surface area contributed by atoms with Gasteiger partial charge in [-0.3, -0.25) is 4.79 Å². The monoisotopic (exact) mass is 285 g/mol. The predicted molar refractivity (Wildman–Crippen MR) is 84.3 cm³/mol. The molecule has 0 unspecified atom stereocenters. The van der Waals surface area contributed by atoms with Crippen molar-refractivity contribution in [2.24, 2.45) is 7.05 Å². The topological polar surface area (TPSA) is 62.2 Å². The highest BCUT2D eigenvalue weighted by molar-refractivity contribution is 5.57. The number of nitrogens with one attached hydrogen (secondary N) is 2. The van der Waals surface area contributed by atoms with E-state index in [1.807, 2.05) is 24.4 Å². The minimum atomic E-state index is -0.0644. The lowest BCUT2D eigenvalue weighted by Gasteiger charge is -2.29. The van der Waals surface area contributed by atoms with Crippen LogP contribution in [-0.4, -0.2) is 35.7 Å². The Morgan fingerprint density at radius 1 is 1.24 bits per heavy atom. The van der Waals surface area contributed by atoms with E-state index in [0.29, 0.717) is 11.5 Å². The van der Waals surface area contributed by atoms with Crippen LogP contribution in [0.3, 0.4) is 0 Å². The van der Waals surface area contributed by atoms with Gasteiger partial charge in [-0.1, -0.05) is 0 Å². The van der Waals surface area contributed by atoms with Crippen molar-refractivity contribution >= 4 is 17.2 Å². The van der Waals surface area contributed by atoms with Gasteiger partial charge in [-0.2, -0.15) is 0 Å². The average molecular weight is 285 g/mol. The largest absolute Gasteiger partial charge is 0.368 e. The van der Waals surface area contributed by atoms with Crippen molar-refractivity contribution in [2.75, 3.05) is 36.4 Å². The number of nitrogens with zero attached hydrogens (tertiary/aromatic N) is 3. The summed E-state index contributed by atoms with van der Waals surface area (Å²) in [5, 5.41) is 6.40. The Bertz CT molecular complexity index is 659. The summed E-state index contributed by atoms with van der Waals surface area (Å²) in [4.78, 5) is 18.6. The molecular formula is C15H19N5O. The van der Waals surface area contributed by atoms with Crippen molar-refractivity contribution in [3.63, 3.8) is 0 Å². The minimum Gasteiger partial charge on any atom is -0.368 e. The van der Waals surface area contributed by atoms with Crippen LogP contribution in [0.4, 0.5) is 17.2 Å². The molecule has 1 aliphatic heterocycles. The van der Waals surface area contributed by atoms with Crippen LogP contribution in [0.25, 0.3) is 0 Å². The Kier molecular flexibility index (Phi) is 3.87. The van der Waals surface area contributed by atoms with Gasteiger partial charge in [-0.25, -0.2) is 4.98 Å². The molecule has 1 aliphatic rings. The van der Waals surface area contributed by atoms with Crippen LogP contribution in [0.15, 0.2) is 41.5 Å². The Hall–Kier alpha value is -2.34. The van der Waals surface area contributed by atoms with Crippen molar-refractivity contribution in [3.05, 3.63) is 47.0 Å². The van der Waals surface area contributed by atoms with E-state index in [4.69, 9.17) is 0 Å². The third-order valence-electron chi connectivity index (χ3n) is 3.62. The minimum absolute atomic E-state index is 0.0644. The van der Waals surface area contributed by atoms with Gasteiger partial charge in [0.1, 0.15) is 11.5 Å². The van der Waals surface area contributed by atoms with E-state index in [-0.39, 0.29) is 5.56 Å². The number of anilines is 3. The van der Waals surface area contributed by atoms with Gasteiger partial charge < -0.3 is 20.1 Å². The summed E-state index contributed by atoms with van der Waals surface area (Å²) < 4.78 is 1.54. The number of pyridine rings is 2. The van der Waals surface area contributed by atoms with Gasteiger partial charge in [0.05, 0.1) is 11.9 Å². The Morgan fingerprint density at radius 2 is 2.05 bits per heavy atom. The van der Waals surface area contributed by atoms with Crippen molar-refractivity contribution in [1.29, 1.82) is 0 Å². The lowest BCUT2D eigenvalue weighted by atomic mass is 10.3. The first-order valence-electron chi connectivity index (χ1n) is 7.08. The summed E-state index contributed by atoms with van der Waals surface area (Å²) in [5.41, 5.74) is 1.58. The van der Waals surface area contributed by atoms with Gasteiger partial charge in [-0.15, -0.1) is 0 Å². The molecule has 2 N–H and O–H groups in total. The lowest BCUT2D eigenvalue weighted by molar-refractivity contribution is 0.589. The van der Waals surface area contributed by atoms with Crippen molar-refractivity contribution in [2.45, 2.75) is 0 Å². The maximum absolute atomic E-state index is 11.9. The van der Waals surface area contributed by atoms with Crippen molar-refractivity contribution < 1.29 is 0 Å². The van der Waals surface area contributed by atoms with Crippen LogP contribution in [0, 0.1) is 0 Å². The average Bonchev–Trinajstić information content (AvgIpc) is 2.53. The molecule has 3 heterocycles. The molecule has 6 heteroatoms. The molecule has 21 heavy (non-hydrogen) atoms. The Morgan fingerprint density at radius 3 is 2.76 bits per heavy atom. The van der Waals surface area contributed by atoms with E-state index in [0.717, 1.165) is 31.9 Å². The SMILES string of the molecule is Cn1cccc(Nc2ccc(N3CCNCC3)cn2)c1=O. The molecule has 0 aromatic carbocycles. The normalized spacial score (nSPS) is 15.0. The van der Waals surface area contributed by atoms with Crippen molar-refractivity contribution in [3.8, 4) is 0 Å². The molecule has 0 aliphatic carbocycles. The molecule has 6 nitrogen and oxygen atoms in total. The van der Waals surface area contributed by atoms with Crippen LogP contribution in [-0.2, 0) is 7.05 Å². The zero-order chi connectivity index (χ0) is 14.7. The van der Waals surface area contributed by atoms with Crippen molar-refractivity contribution in [1.82, 2.24) is 14.9 Å². The van der Waals surface area contributed by atoms with E-state index in [9.17, 15) is 4.79 Å². The second kappa shape index (κ2) is 5.97. The van der Waals surface area contributed by atoms with Gasteiger partial charge in [-0.05, 0) is 24.3 Å². The maximum Gasteiger partial charge on any atom is 0.274 e. The first-order chi connectivity index (χ1) is 10.2. The third-order valence-corrected chi connectivity index (χ3v) is 3.62. The highest BCUT2D eigenvalue weighted by Crippen LogP contribution is 2.17. The number of rotatable bonds is 3. The van der Waals surface area contributed by atoms with Gasteiger partial charge in [0.25, 0.3) is 5.56 Å². The maximum atomic E-state index is 11.9. The molecule has 0 radical (unpaired) electrons. The summed E-state index contributed by atoms with van der Waals surface area (Å²) >= 11 is 0. The first-order valence-corrected chi connectivity index (χ1v) is 7.08. The number of hydrogen-bond donors (Lipinski definition) is 2. The summed E-state index contributed by atoms with van der Waals surface area (Å²) in [6.45, 7) is 3.99. The quantitative estimate of drug-likeness (QED) is 0.878. The first kappa shape index (κ1) is 13.6. The predicted octanol–water partition coefficient (Wildman–Crippen LogP) is 0.933. The van der Waals surface area contributed by atoms with Gasteiger partial charge in [0.15, 0.2) is 0 Å². The molecule has 0 spiro atoms.